The number of carbonyl (C=O) groups excluding carboxylic acids is 1. The first kappa shape index (κ1) is 9.99. The van der Waals surface area contributed by atoms with E-state index in [4.69, 9.17) is 10.2 Å². The summed E-state index contributed by atoms with van der Waals surface area (Å²) in [5.41, 5.74) is 9.26. The quantitative estimate of drug-likeness (QED) is 0.461. The third-order valence-corrected chi connectivity index (χ3v) is 1.30. The molecular weight excluding hydrogens is 192 g/mol. The van der Waals surface area contributed by atoms with E-state index >= 15 is 0 Å². The third kappa shape index (κ3) is 2.75. The van der Waals surface area contributed by atoms with Gasteiger partial charge in [0.2, 0.25) is 0 Å². The molecule has 0 saturated carbocycles. The Balaban J connectivity index is 2.44. The Morgan fingerprint density at radius 1 is 1.64 bits per heavy atom. The van der Waals surface area contributed by atoms with Crippen molar-refractivity contribution in [1.29, 1.82) is 0 Å². The molecule has 8 nitrogen and oxygen atoms in total. The fourth-order valence-electron chi connectivity index (χ4n) is 0.778. The molecule has 76 valence electrons. The second-order valence-electron chi connectivity index (χ2n) is 2.34. The summed E-state index contributed by atoms with van der Waals surface area (Å²) >= 11 is 0. The summed E-state index contributed by atoms with van der Waals surface area (Å²) in [6, 6.07) is 1.90. The van der Waals surface area contributed by atoms with E-state index in [9.17, 15) is 14.9 Å². The summed E-state index contributed by atoms with van der Waals surface area (Å²) in [6.45, 7) is 0.122. The van der Waals surface area contributed by atoms with Gasteiger partial charge in [0.15, 0.2) is 0 Å². The largest absolute Gasteiger partial charge is 0.433 e. The molecule has 0 aromatic carbocycles. The number of urea groups is 1. The van der Waals surface area contributed by atoms with Crippen LogP contribution in [0.5, 0.6) is 0 Å². The van der Waals surface area contributed by atoms with Gasteiger partial charge in [-0.05, 0) is 6.07 Å². The van der Waals surface area contributed by atoms with E-state index in [1.165, 1.54) is 12.1 Å². The van der Waals surface area contributed by atoms with Gasteiger partial charge < -0.3 is 10.2 Å². The van der Waals surface area contributed by atoms with Crippen LogP contribution in [0.15, 0.2) is 16.5 Å². The lowest BCUT2D eigenvalue weighted by Gasteiger charge is -2.00. The molecule has 0 spiro atoms. The van der Waals surface area contributed by atoms with Crippen molar-refractivity contribution in [3.8, 4) is 0 Å². The SMILES string of the molecule is NC(=O)NNCc1ccc([N+](=O)[O-])o1. The molecule has 14 heavy (non-hydrogen) atoms. The number of amides is 2. The van der Waals surface area contributed by atoms with Crippen LogP contribution in [0.2, 0.25) is 0 Å². The minimum atomic E-state index is -0.744. The Morgan fingerprint density at radius 2 is 2.36 bits per heavy atom. The van der Waals surface area contributed by atoms with Crippen molar-refractivity contribution in [2.45, 2.75) is 6.54 Å². The molecule has 1 aromatic rings. The summed E-state index contributed by atoms with van der Waals surface area (Å²) < 4.78 is 4.77. The number of hydrogen-bond acceptors (Lipinski definition) is 5. The highest BCUT2D eigenvalue weighted by atomic mass is 16.6. The van der Waals surface area contributed by atoms with E-state index in [2.05, 4.69) is 10.9 Å². The van der Waals surface area contributed by atoms with Crippen LogP contribution in [-0.2, 0) is 6.54 Å². The molecule has 0 aliphatic heterocycles. The average Bonchev–Trinajstić information content (AvgIpc) is 2.52. The van der Waals surface area contributed by atoms with Gasteiger partial charge in [0, 0.05) is 0 Å². The number of furan rings is 1. The maximum Gasteiger partial charge on any atom is 0.433 e. The van der Waals surface area contributed by atoms with Gasteiger partial charge in [-0.2, -0.15) is 0 Å². The van der Waals surface area contributed by atoms with Crippen LogP contribution >= 0.6 is 0 Å². The van der Waals surface area contributed by atoms with Crippen LogP contribution < -0.4 is 16.6 Å². The number of nitrogens with zero attached hydrogens (tertiary/aromatic N) is 1. The molecule has 0 aliphatic rings. The van der Waals surface area contributed by atoms with Gasteiger partial charge in [-0.15, -0.1) is 0 Å². The lowest BCUT2D eigenvalue weighted by molar-refractivity contribution is -0.402. The van der Waals surface area contributed by atoms with Crippen LogP contribution in [-0.4, -0.2) is 11.0 Å². The first-order valence-corrected chi connectivity index (χ1v) is 3.61. The van der Waals surface area contributed by atoms with Crippen LogP contribution in [0.4, 0.5) is 10.7 Å². The summed E-state index contributed by atoms with van der Waals surface area (Å²) in [6.07, 6.45) is 0. The molecule has 0 fully saturated rings. The Hall–Kier alpha value is -2.09. The van der Waals surface area contributed by atoms with Crippen molar-refractivity contribution >= 4 is 11.9 Å². The molecule has 1 aromatic heterocycles. The number of nitrogens with two attached hydrogens (primary N) is 1. The first-order chi connectivity index (χ1) is 6.59. The normalized spacial score (nSPS) is 9.71. The van der Waals surface area contributed by atoms with E-state index in [-0.39, 0.29) is 12.4 Å². The number of nitrogens with one attached hydrogen (secondary N) is 2. The van der Waals surface area contributed by atoms with Crippen LogP contribution in [0.1, 0.15) is 5.76 Å². The molecular formula is C6H8N4O4. The molecule has 2 amide bonds. The predicted octanol–water partition coefficient (Wildman–Crippen LogP) is -0.139. The standard InChI is InChI=1S/C6H8N4O4/c7-6(11)9-8-3-4-1-2-5(14-4)10(12)13/h1-2,8H,3H2,(H3,7,9,11). The molecule has 4 N–H and O–H groups in total. The van der Waals surface area contributed by atoms with Gasteiger partial charge in [0.25, 0.3) is 0 Å². The van der Waals surface area contributed by atoms with Gasteiger partial charge in [0.05, 0.1) is 12.6 Å². The average molecular weight is 200 g/mol. The Kier molecular flexibility index (Phi) is 3.02. The second kappa shape index (κ2) is 4.23. The van der Waals surface area contributed by atoms with Crippen molar-refractivity contribution in [2.24, 2.45) is 5.73 Å². The monoisotopic (exact) mass is 200 g/mol. The van der Waals surface area contributed by atoms with Crippen molar-refractivity contribution in [3.63, 3.8) is 0 Å². The van der Waals surface area contributed by atoms with Gasteiger partial charge >= 0.3 is 11.9 Å². The van der Waals surface area contributed by atoms with E-state index in [1.807, 2.05) is 0 Å². The van der Waals surface area contributed by atoms with Crippen molar-refractivity contribution < 1.29 is 14.1 Å². The second-order valence-corrected chi connectivity index (χ2v) is 2.34. The van der Waals surface area contributed by atoms with E-state index < -0.39 is 11.0 Å². The molecule has 0 bridgehead atoms. The smallest absolute Gasteiger partial charge is 0.404 e. The van der Waals surface area contributed by atoms with Crippen LogP contribution in [0, 0.1) is 10.1 Å². The Labute approximate surface area is 78.2 Å². The zero-order valence-corrected chi connectivity index (χ0v) is 7.02. The summed E-state index contributed by atoms with van der Waals surface area (Å²) in [5.74, 6) is -0.0219. The molecule has 0 aliphatic carbocycles. The number of rotatable bonds is 4. The molecule has 0 radical (unpaired) electrons. The molecule has 0 saturated heterocycles. The Bertz CT molecular complexity index is 347. The van der Waals surface area contributed by atoms with Crippen molar-refractivity contribution in [2.75, 3.05) is 0 Å². The Morgan fingerprint density at radius 3 is 2.86 bits per heavy atom. The van der Waals surface area contributed by atoms with E-state index in [0.29, 0.717) is 5.76 Å². The molecule has 0 atom stereocenters. The molecule has 8 heteroatoms. The highest BCUT2D eigenvalue weighted by Gasteiger charge is 2.10. The molecule has 0 unspecified atom stereocenters. The first-order valence-electron chi connectivity index (χ1n) is 3.61. The third-order valence-electron chi connectivity index (χ3n) is 1.30. The van der Waals surface area contributed by atoms with E-state index in [1.54, 1.807) is 0 Å². The van der Waals surface area contributed by atoms with Crippen molar-refractivity contribution in [3.05, 3.63) is 28.0 Å². The van der Waals surface area contributed by atoms with Crippen molar-refractivity contribution in [1.82, 2.24) is 10.9 Å². The minimum Gasteiger partial charge on any atom is -0.404 e. The zero-order valence-electron chi connectivity index (χ0n) is 7.02. The number of nitro groups is 1. The fraction of sp³-hybridized carbons (Fsp3) is 0.167. The topological polar surface area (TPSA) is 123 Å². The van der Waals surface area contributed by atoms with Gasteiger partial charge in [-0.3, -0.25) is 15.5 Å². The zero-order chi connectivity index (χ0) is 10.6. The van der Waals surface area contributed by atoms with Crippen LogP contribution in [0.3, 0.4) is 0 Å². The number of primary amides is 1. The maximum absolute atomic E-state index is 10.2. The highest BCUT2D eigenvalue weighted by molar-refractivity contribution is 5.70. The number of hydrazine groups is 1. The van der Waals surface area contributed by atoms with Gasteiger partial charge in [-0.25, -0.2) is 10.2 Å². The summed E-state index contributed by atoms with van der Waals surface area (Å²) in [7, 11) is 0. The predicted molar refractivity (Wildman–Crippen MR) is 44.9 cm³/mol. The number of carbonyl (C=O) groups is 1. The minimum absolute atomic E-state index is 0.122. The molecule has 1 heterocycles. The van der Waals surface area contributed by atoms with Crippen LogP contribution in [0.25, 0.3) is 0 Å². The summed E-state index contributed by atoms with van der Waals surface area (Å²) in [5, 5.41) is 10.2. The fourth-order valence-corrected chi connectivity index (χ4v) is 0.778. The van der Waals surface area contributed by atoms with E-state index in [0.717, 1.165) is 0 Å². The van der Waals surface area contributed by atoms with Gasteiger partial charge in [-0.1, -0.05) is 0 Å². The highest BCUT2D eigenvalue weighted by Crippen LogP contribution is 2.14. The lowest BCUT2D eigenvalue weighted by Crippen LogP contribution is -2.40. The molecule has 1 rings (SSSR count). The summed E-state index contributed by atoms with van der Waals surface area (Å²) in [4.78, 5) is 19.8. The lowest BCUT2D eigenvalue weighted by atomic mass is 10.4. The number of hydrogen-bond donors (Lipinski definition) is 3. The van der Waals surface area contributed by atoms with Gasteiger partial charge in [0.1, 0.15) is 10.7 Å². The maximum atomic E-state index is 10.2.